The molecule has 1 aliphatic heterocycles. The molecule has 0 radical (unpaired) electrons. The molecule has 1 heterocycles. The Morgan fingerprint density at radius 1 is 1.53 bits per heavy atom. The molecular formula is C10H19N3O2. The monoisotopic (exact) mass is 213 g/mol. The second kappa shape index (κ2) is 5.00. The van der Waals surface area contributed by atoms with Crippen LogP contribution in [0.2, 0.25) is 0 Å². The van der Waals surface area contributed by atoms with Gasteiger partial charge in [-0.15, -0.1) is 0 Å². The first-order valence-corrected chi connectivity index (χ1v) is 5.29. The first kappa shape index (κ1) is 11.8. The number of piperidine rings is 1. The van der Waals surface area contributed by atoms with E-state index < -0.39 is 5.91 Å². The van der Waals surface area contributed by atoms with Gasteiger partial charge in [0, 0.05) is 20.1 Å². The van der Waals surface area contributed by atoms with Crippen molar-refractivity contribution in [3.8, 4) is 0 Å². The number of urea groups is 1. The van der Waals surface area contributed by atoms with Crippen LogP contribution in [-0.2, 0) is 4.79 Å². The summed E-state index contributed by atoms with van der Waals surface area (Å²) in [6, 6.07) is -0.0969. The molecule has 3 amide bonds. The highest BCUT2D eigenvalue weighted by atomic mass is 16.2. The number of carbonyl (C=O) groups excluding carboxylic acids is 2. The molecule has 0 aromatic heterocycles. The molecule has 0 spiro atoms. The molecule has 0 aliphatic carbocycles. The molecule has 5 heteroatoms. The third-order valence-electron chi connectivity index (χ3n) is 2.65. The van der Waals surface area contributed by atoms with Gasteiger partial charge in [-0.05, 0) is 18.8 Å². The van der Waals surface area contributed by atoms with Gasteiger partial charge in [-0.2, -0.15) is 0 Å². The van der Waals surface area contributed by atoms with E-state index in [1.165, 1.54) is 11.3 Å². The Bertz CT molecular complexity index is 255. The van der Waals surface area contributed by atoms with Gasteiger partial charge in [0.1, 0.15) is 6.54 Å². The fraction of sp³-hybridized carbons (Fsp3) is 0.800. The third kappa shape index (κ3) is 3.42. The van der Waals surface area contributed by atoms with Crippen molar-refractivity contribution < 1.29 is 9.59 Å². The number of hydrogen-bond acceptors (Lipinski definition) is 2. The van der Waals surface area contributed by atoms with E-state index in [2.05, 4.69) is 6.92 Å². The lowest BCUT2D eigenvalue weighted by atomic mass is 10.0. The van der Waals surface area contributed by atoms with Crippen LogP contribution in [0.4, 0.5) is 4.79 Å². The Balaban J connectivity index is 2.47. The highest BCUT2D eigenvalue weighted by Crippen LogP contribution is 2.16. The SMILES string of the molecule is CC1CCCN(C(=O)N(C)CC(N)=O)C1. The van der Waals surface area contributed by atoms with Gasteiger partial charge in [0.2, 0.25) is 5.91 Å². The normalized spacial score (nSPS) is 21.2. The van der Waals surface area contributed by atoms with E-state index >= 15 is 0 Å². The van der Waals surface area contributed by atoms with Crippen LogP contribution in [0, 0.1) is 5.92 Å². The topological polar surface area (TPSA) is 66.6 Å². The average Bonchev–Trinajstić information content (AvgIpc) is 2.15. The molecule has 15 heavy (non-hydrogen) atoms. The Morgan fingerprint density at radius 3 is 2.73 bits per heavy atom. The number of nitrogens with zero attached hydrogens (tertiary/aromatic N) is 2. The largest absolute Gasteiger partial charge is 0.368 e. The first-order chi connectivity index (χ1) is 7.00. The van der Waals surface area contributed by atoms with E-state index in [-0.39, 0.29) is 12.6 Å². The molecule has 5 nitrogen and oxygen atoms in total. The Morgan fingerprint density at radius 2 is 2.20 bits per heavy atom. The summed E-state index contributed by atoms with van der Waals surface area (Å²) in [5.41, 5.74) is 5.04. The zero-order valence-corrected chi connectivity index (χ0v) is 9.40. The highest BCUT2D eigenvalue weighted by Gasteiger charge is 2.23. The molecule has 1 rings (SSSR count). The summed E-state index contributed by atoms with van der Waals surface area (Å²) in [5.74, 6) is 0.0700. The second-order valence-electron chi connectivity index (χ2n) is 4.30. The van der Waals surface area contributed by atoms with Crippen molar-refractivity contribution in [2.75, 3.05) is 26.7 Å². The van der Waals surface area contributed by atoms with Crippen LogP contribution in [0.3, 0.4) is 0 Å². The van der Waals surface area contributed by atoms with E-state index in [1.807, 2.05) is 0 Å². The third-order valence-corrected chi connectivity index (χ3v) is 2.65. The molecule has 0 bridgehead atoms. The predicted octanol–water partition coefficient (Wildman–Crippen LogP) is 0.255. The fourth-order valence-corrected chi connectivity index (χ4v) is 1.91. The highest BCUT2D eigenvalue weighted by molar-refractivity contribution is 5.82. The summed E-state index contributed by atoms with van der Waals surface area (Å²) in [6.07, 6.45) is 2.21. The quantitative estimate of drug-likeness (QED) is 0.714. The number of likely N-dealkylation sites (N-methyl/N-ethyl adjacent to an activating group) is 1. The van der Waals surface area contributed by atoms with Crippen LogP contribution in [0.15, 0.2) is 0 Å². The van der Waals surface area contributed by atoms with Crippen LogP contribution >= 0.6 is 0 Å². The van der Waals surface area contributed by atoms with Crippen molar-refractivity contribution in [1.82, 2.24) is 9.80 Å². The fourth-order valence-electron chi connectivity index (χ4n) is 1.91. The maximum absolute atomic E-state index is 11.8. The summed E-state index contributed by atoms with van der Waals surface area (Å²) in [4.78, 5) is 25.7. The minimum atomic E-state index is -0.476. The van der Waals surface area contributed by atoms with Crippen molar-refractivity contribution >= 4 is 11.9 Å². The molecule has 2 N–H and O–H groups in total. The first-order valence-electron chi connectivity index (χ1n) is 5.29. The van der Waals surface area contributed by atoms with Gasteiger partial charge in [0.15, 0.2) is 0 Å². The van der Waals surface area contributed by atoms with Gasteiger partial charge in [-0.25, -0.2) is 4.79 Å². The van der Waals surface area contributed by atoms with Crippen LogP contribution in [0.5, 0.6) is 0 Å². The van der Waals surface area contributed by atoms with Crippen molar-refractivity contribution in [3.05, 3.63) is 0 Å². The van der Waals surface area contributed by atoms with E-state index in [0.29, 0.717) is 5.92 Å². The van der Waals surface area contributed by atoms with Crippen LogP contribution in [0.25, 0.3) is 0 Å². The van der Waals surface area contributed by atoms with Gasteiger partial charge in [0.05, 0.1) is 0 Å². The zero-order valence-electron chi connectivity index (χ0n) is 9.40. The van der Waals surface area contributed by atoms with Gasteiger partial charge in [0.25, 0.3) is 0 Å². The van der Waals surface area contributed by atoms with Crippen molar-refractivity contribution in [3.63, 3.8) is 0 Å². The Labute approximate surface area is 90.2 Å². The van der Waals surface area contributed by atoms with Crippen molar-refractivity contribution in [2.24, 2.45) is 11.7 Å². The number of rotatable bonds is 2. The number of nitrogens with two attached hydrogens (primary N) is 1. The molecule has 1 aliphatic rings. The molecular weight excluding hydrogens is 194 g/mol. The van der Waals surface area contributed by atoms with Crippen molar-refractivity contribution in [2.45, 2.75) is 19.8 Å². The molecule has 1 saturated heterocycles. The maximum Gasteiger partial charge on any atom is 0.320 e. The van der Waals surface area contributed by atoms with E-state index in [1.54, 1.807) is 11.9 Å². The molecule has 1 atom stereocenters. The lowest BCUT2D eigenvalue weighted by Gasteiger charge is -2.33. The second-order valence-corrected chi connectivity index (χ2v) is 4.30. The minimum Gasteiger partial charge on any atom is -0.368 e. The Kier molecular flexibility index (Phi) is 3.94. The number of carbonyl (C=O) groups is 2. The van der Waals surface area contributed by atoms with E-state index in [0.717, 1.165) is 19.5 Å². The lowest BCUT2D eigenvalue weighted by Crippen LogP contribution is -2.47. The van der Waals surface area contributed by atoms with Gasteiger partial charge < -0.3 is 15.5 Å². The smallest absolute Gasteiger partial charge is 0.320 e. The maximum atomic E-state index is 11.8. The average molecular weight is 213 g/mol. The molecule has 86 valence electrons. The van der Waals surface area contributed by atoms with Gasteiger partial charge in [-0.3, -0.25) is 4.79 Å². The van der Waals surface area contributed by atoms with Crippen LogP contribution < -0.4 is 5.73 Å². The summed E-state index contributed by atoms with van der Waals surface area (Å²) in [5, 5.41) is 0. The molecule has 0 aromatic rings. The number of likely N-dealkylation sites (tertiary alicyclic amines) is 1. The number of amides is 3. The van der Waals surface area contributed by atoms with Crippen molar-refractivity contribution in [1.29, 1.82) is 0 Å². The van der Waals surface area contributed by atoms with Crippen LogP contribution in [-0.4, -0.2) is 48.4 Å². The zero-order chi connectivity index (χ0) is 11.4. The lowest BCUT2D eigenvalue weighted by molar-refractivity contribution is -0.118. The number of primary amides is 1. The summed E-state index contributed by atoms with van der Waals surface area (Å²) < 4.78 is 0. The molecule has 0 saturated carbocycles. The predicted molar refractivity (Wildman–Crippen MR) is 57.2 cm³/mol. The standard InChI is InChI=1S/C10H19N3O2/c1-8-4-3-5-13(6-8)10(15)12(2)7-9(11)14/h8H,3-7H2,1-2H3,(H2,11,14). The summed E-state index contributed by atoms with van der Waals surface area (Å²) in [7, 11) is 1.60. The van der Waals surface area contributed by atoms with E-state index in [9.17, 15) is 9.59 Å². The Hall–Kier alpha value is -1.26. The van der Waals surface area contributed by atoms with E-state index in [4.69, 9.17) is 5.73 Å². The molecule has 1 unspecified atom stereocenters. The number of hydrogen-bond donors (Lipinski definition) is 1. The van der Waals surface area contributed by atoms with Gasteiger partial charge >= 0.3 is 6.03 Å². The summed E-state index contributed by atoms with van der Waals surface area (Å²) >= 11 is 0. The molecule has 1 fully saturated rings. The van der Waals surface area contributed by atoms with Crippen LogP contribution in [0.1, 0.15) is 19.8 Å². The van der Waals surface area contributed by atoms with Gasteiger partial charge in [-0.1, -0.05) is 6.92 Å². The molecule has 0 aromatic carbocycles. The summed E-state index contributed by atoms with van der Waals surface area (Å²) in [6.45, 7) is 3.69. The minimum absolute atomic E-state index is 0.0102.